The van der Waals surface area contributed by atoms with Crippen LogP contribution in [0.2, 0.25) is 0 Å². The van der Waals surface area contributed by atoms with Gasteiger partial charge in [-0.3, -0.25) is 9.59 Å². The summed E-state index contributed by atoms with van der Waals surface area (Å²) < 4.78 is 0. The second kappa shape index (κ2) is 2.80. The summed E-state index contributed by atoms with van der Waals surface area (Å²) >= 11 is 0. The van der Waals surface area contributed by atoms with Crippen LogP contribution in [0, 0.1) is 0 Å². The molecule has 0 unspecified atom stereocenters. The van der Waals surface area contributed by atoms with Gasteiger partial charge in [-0.1, -0.05) is 5.21 Å². The van der Waals surface area contributed by atoms with Crippen molar-refractivity contribution in [1.82, 2.24) is 30.8 Å². The van der Waals surface area contributed by atoms with Crippen LogP contribution < -0.4 is 11.3 Å². The zero-order valence-corrected chi connectivity index (χ0v) is 6.63. The van der Waals surface area contributed by atoms with Crippen molar-refractivity contribution in [3.8, 4) is 0 Å². The number of nitrogens with zero attached hydrogens (tertiary/aromatic N) is 5. The van der Waals surface area contributed by atoms with Crippen molar-refractivity contribution >= 4 is 16.9 Å². The molecule has 0 saturated heterocycles. The molecule has 2 heterocycles. The number of hydrogen-bond acceptors (Lipinski definition) is 7. The first-order chi connectivity index (χ1) is 6.70. The molecule has 9 nitrogen and oxygen atoms in total. The van der Waals surface area contributed by atoms with Crippen LogP contribution in [0.1, 0.15) is 10.5 Å². The van der Waals surface area contributed by atoms with Crippen LogP contribution in [-0.4, -0.2) is 36.7 Å². The zero-order chi connectivity index (χ0) is 10.1. The van der Waals surface area contributed by atoms with E-state index >= 15 is 0 Å². The van der Waals surface area contributed by atoms with E-state index in [1.807, 2.05) is 5.10 Å². The minimum Gasteiger partial charge on any atom is -0.364 e. The number of amides is 1. The van der Waals surface area contributed by atoms with E-state index in [4.69, 9.17) is 5.73 Å². The molecule has 0 saturated carbocycles. The molecule has 2 aromatic rings. The van der Waals surface area contributed by atoms with Crippen LogP contribution in [0.5, 0.6) is 0 Å². The van der Waals surface area contributed by atoms with E-state index in [-0.39, 0.29) is 16.7 Å². The van der Waals surface area contributed by atoms with Crippen molar-refractivity contribution < 1.29 is 4.79 Å². The molecular weight excluding hydrogens is 190 g/mol. The SMILES string of the molecule is NC(=O)c1nnnc2c(=O)[nH]nnc12. The molecule has 2 aromatic heterocycles. The van der Waals surface area contributed by atoms with Gasteiger partial charge in [0.05, 0.1) is 0 Å². The molecule has 0 aliphatic rings. The van der Waals surface area contributed by atoms with E-state index < -0.39 is 11.5 Å². The molecule has 0 aliphatic carbocycles. The van der Waals surface area contributed by atoms with Crippen LogP contribution >= 0.6 is 0 Å². The number of nitrogens with one attached hydrogen (secondary N) is 1. The maximum Gasteiger partial charge on any atom is 0.295 e. The summed E-state index contributed by atoms with van der Waals surface area (Å²) in [6, 6.07) is 0. The molecule has 0 fully saturated rings. The first-order valence-electron chi connectivity index (χ1n) is 3.44. The third kappa shape index (κ3) is 1.07. The number of primary amides is 1. The number of fused-ring (bicyclic) bond motifs is 1. The van der Waals surface area contributed by atoms with E-state index in [0.29, 0.717) is 0 Å². The number of aromatic nitrogens is 6. The molecule has 14 heavy (non-hydrogen) atoms. The number of carbonyl (C=O) groups excluding carboxylic acids is 1. The first-order valence-corrected chi connectivity index (χ1v) is 3.44. The summed E-state index contributed by atoms with van der Waals surface area (Å²) in [5.74, 6) is -0.843. The summed E-state index contributed by atoms with van der Waals surface area (Å²) in [4.78, 5) is 22.0. The second-order valence-corrected chi connectivity index (χ2v) is 2.34. The zero-order valence-electron chi connectivity index (χ0n) is 6.63. The predicted octanol–water partition coefficient (Wildman–Crippen LogP) is -2.40. The molecule has 0 atom stereocenters. The quantitative estimate of drug-likeness (QED) is 0.514. The van der Waals surface area contributed by atoms with E-state index in [2.05, 4.69) is 25.7 Å². The van der Waals surface area contributed by atoms with Gasteiger partial charge >= 0.3 is 0 Å². The normalized spacial score (nSPS) is 10.3. The van der Waals surface area contributed by atoms with Crippen molar-refractivity contribution in [2.75, 3.05) is 0 Å². The second-order valence-electron chi connectivity index (χ2n) is 2.34. The number of nitrogens with two attached hydrogens (primary N) is 1. The van der Waals surface area contributed by atoms with Crippen molar-refractivity contribution in [3.05, 3.63) is 16.0 Å². The number of carbonyl (C=O) groups is 1. The molecule has 70 valence electrons. The van der Waals surface area contributed by atoms with Gasteiger partial charge < -0.3 is 5.73 Å². The summed E-state index contributed by atoms with van der Waals surface area (Å²) in [7, 11) is 0. The lowest BCUT2D eigenvalue weighted by Gasteiger charge is -1.95. The number of aromatic amines is 1. The van der Waals surface area contributed by atoms with Gasteiger partial charge in [-0.05, 0) is 5.21 Å². The highest BCUT2D eigenvalue weighted by molar-refractivity contribution is 6.00. The minimum absolute atomic E-state index is 0.0590. The Morgan fingerprint density at radius 3 is 2.71 bits per heavy atom. The largest absolute Gasteiger partial charge is 0.364 e. The summed E-state index contributed by atoms with van der Waals surface area (Å²) in [6.07, 6.45) is 0. The molecule has 2 rings (SSSR count). The average Bonchev–Trinajstić information content (AvgIpc) is 2.17. The lowest BCUT2D eigenvalue weighted by atomic mass is 10.3. The third-order valence-electron chi connectivity index (χ3n) is 1.49. The number of rotatable bonds is 1. The van der Waals surface area contributed by atoms with Crippen LogP contribution in [0.4, 0.5) is 0 Å². The molecule has 0 aliphatic heterocycles. The minimum atomic E-state index is -0.843. The maximum absolute atomic E-state index is 11.1. The van der Waals surface area contributed by atoms with Crippen LogP contribution in [-0.2, 0) is 0 Å². The van der Waals surface area contributed by atoms with Crippen LogP contribution in [0.15, 0.2) is 4.79 Å². The Bertz CT molecular complexity index is 561. The van der Waals surface area contributed by atoms with Gasteiger partial charge in [0.1, 0.15) is 0 Å². The van der Waals surface area contributed by atoms with Crippen molar-refractivity contribution in [2.45, 2.75) is 0 Å². The van der Waals surface area contributed by atoms with Crippen LogP contribution in [0.25, 0.3) is 11.0 Å². The Morgan fingerprint density at radius 2 is 2.00 bits per heavy atom. The van der Waals surface area contributed by atoms with Gasteiger partial charge in [-0.15, -0.1) is 15.3 Å². The summed E-state index contributed by atoms with van der Waals surface area (Å²) in [5.41, 5.74) is 3.97. The van der Waals surface area contributed by atoms with E-state index in [1.54, 1.807) is 0 Å². The Kier molecular flexibility index (Phi) is 1.63. The Labute approximate surface area is 75.3 Å². The molecule has 3 N–H and O–H groups in total. The van der Waals surface area contributed by atoms with Gasteiger partial charge in [0.15, 0.2) is 16.7 Å². The van der Waals surface area contributed by atoms with Gasteiger partial charge in [0.2, 0.25) is 0 Å². The smallest absolute Gasteiger partial charge is 0.295 e. The Hall–Kier alpha value is -2.45. The lowest BCUT2D eigenvalue weighted by Crippen LogP contribution is -2.20. The molecule has 1 amide bonds. The Morgan fingerprint density at radius 1 is 1.21 bits per heavy atom. The van der Waals surface area contributed by atoms with Crippen molar-refractivity contribution in [2.24, 2.45) is 5.73 Å². The Balaban J connectivity index is 2.95. The van der Waals surface area contributed by atoms with E-state index in [0.717, 1.165) is 0 Å². The average molecular weight is 193 g/mol. The molecule has 0 spiro atoms. The topological polar surface area (TPSA) is 140 Å². The summed E-state index contributed by atoms with van der Waals surface area (Å²) in [6.45, 7) is 0. The third-order valence-corrected chi connectivity index (χ3v) is 1.49. The predicted molar refractivity (Wildman–Crippen MR) is 42.1 cm³/mol. The number of H-pyrrole nitrogens is 1. The standard InChI is InChI=1S/C5H3N7O2/c6-4(13)2-1-3(9-11-8-2)5(14)10-12-7-1/h(H2,6,13)(H,7,10,14). The first kappa shape index (κ1) is 8.16. The van der Waals surface area contributed by atoms with E-state index in [1.165, 1.54) is 0 Å². The molecular formula is C5H3N7O2. The highest BCUT2D eigenvalue weighted by Crippen LogP contribution is 2.02. The highest BCUT2D eigenvalue weighted by atomic mass is 16.1. The monoisotopic (exact) mass is 193 g/mol. The number of hydrogen-bond donors (Lipinski definition) is 2. The maximum atomic E-state index is 11.1. The van der Waals surface area contributed by atoms with Crippen LogP contribution in [0.3, 0.4) is 0 Å². The van der Waals surface area contributed by atoms with Gasteiger partial charge in [0, 0.05) is 0 Å². The molecule has 0 aromatic carbocycles. The molecule has 9 heteroatoms. The fourth-order valence-electron chi connectivity index (χ4n) is 0.906. The highest BCUT2D eigenvalue weighted by Gasteiger charge is 2.13. The molecule has 0 bridgehead atoms. The van der Waals surface area contributed by atoms with E-state index in [9.17, 15) is 9.59 Å². The molecule has 0 radical (unpaired) electrons. The van der Waals surface area contributed by atoms with Gasteiger partial charge in [-0.2, -0.15) is 0 Å². The van der Waals surface area contributed by atoms with Crippen molar-refractivity contribution in [1.29, 1.82) is 0 Å². The fourth-order valence-corrected chi connectivity index (χ4v) is 0.906. The lowest BCUT2D eigenvalue weighted by molar-refractivity contribution is 0.0996. The van der Waals surface area contributed by atoms with Gasteiger partial charge in [-0.25, -0.2) is 5.10 Å². The summed E-state index contributed by atoms with van der Waals surface area (Å²) in [5, 5.41) is 18.8. The fraction of sp³-hybridized carbons (Fsp3) is 0. The van der Waals surface area contributed by atoms with Gasteiger partial charge in [0.25, 0.3) is 11.5 Å². The van der Waals surface area contributed by atoms with Crippen molar-refractivity contribution in [3.63, 3.8) is 0 Å².